The van der Waals surface area contributed by atoms with Crippen molar-refractivity contribution < 1.29 is 14.3 Å². The van der Waals surface area contributed by atoms with Crippen molar-refractivity contribution in [2.75, 3.05) is 0 Å². The number of carboxylic acids is 1. The Hall–Kier alpha value is -2.17. The summed E-state index contributed by atoms with van der Waals surface area (Å²) in [4.78, 5) is 11.1. The van der Waals surface area contributed by atoms with Crippen LogP contribution in [-0.4, -0.2) is 21.3 Å². The average molecular weight is 260 g/mol. The Kier molecular flexibility index (Phi) is 3.38. The smallest absolute Gasteiger partial charge is 0.336 e. The first-order chi connectivity index (χ1) is 8.87. The predicted molar refractivity (Wildman–Crippen MR) is 69.9 cm³/mol. The predicted octanol–water partition coefficient (Wildman–Crippen LogP) is 3.02. The van der Waals surface area contributed by atoms with E-state index in [2.05, 4.69) is 31.0 Å². The molecule has 0 fully saturated rings. The van der Waals surface area contributed by atoms with Crippen LogP contribution in [0, 0.1) is 5.41 Å². The summed E-state index contributed by atoms with van der Waals surface area (Å²) in [5.74, 6) is -0.244. The molecule has 1 aromatic heterocycles. The van der Waals surface area contributed by atoms with Gasteiger partial charge < -0.3 is 9.52 Å². The molecule has 0 bridgehead atoms. The van der Waals surface area contributed by atoms with E-state index in [0.29, 0.717) is 17.9 Å². The average Bonchev–Trinajstić information content (AvgIpc) is 2.75. The number of benzene rings is 1. The maximum Gasteiger partial charge on any atom is 0.336 e. The summed E-state index contributed by atoms with van der Waals surface area (Å²) in [6.45, 7) is 6.21. The van der Waals surface area contributed by atoms with Gasteiger partial charge in [-0.15, -0.1) is 10.2 Å². The van der Waals surface area contributed by atoms with Crippen molar-refractivity contribution in [2.24, 2.45) is 5.41 Å². The summed E-state index contributed by atoms with van der Waals surface area (Å²) in [7, 11) is 0. The van der Waals surface area contributed by atoms with Crippen LogP contribution < -0.4 is 0 Å². The Labute approximate surface area is 111 Å². The van der Waals surface area contributed by atoms with Crippen molar-refractivity contribution in [2.45, 2.75) is 27.2 Å². The van der Waals surface area contributed by atoms with Crippen LogP contribution in [0.25, 0.3) is 11.5 Å². The summed E-state index contributed by atoms with van der Waals surface area (Å²) in [6.07, 6.45) is 0.648. The number of nitrogens with zero attached hydrogens (tertiary/aromatic N) is 2. The van der Waals surface area contributed by atoms with E-state index in [0.717, 1.165) is 0 Å². The fourth-order valence-electron chi connectivity index (χ4n) is 1.74. The molecule has 0 aliphatic carbocycles. The van der Waals surface area contributed by atoms with E-state index in [4.69, 9.17) is 9.52 Å². The van der Waals surface area contributed by atoms with Crippen LogP contribution in [-0.2, 0) is 6.42 Å². The topological polar surface area (TPSA) is 76.2 Å². The van der Waals surface area contributed by atoms with Crippen molar-refractivity contribution in [3.8, 4) is 11.5 Å². The summed E-state index contributed by atoms with van der Waals surface area (Å²) in [5.41, 5.74) is 0.645. The molecule has 0 saturated heterocycles. The molecule has 5 heteroatoms. The molecule has 0 unspecified atom stereocenters. The van der Waals surface area contributed by atoms with Crippen LogP contribution in [0.3, 0.4) is 0 Å². The van der Waals surface area contributed by atoms with Crippen molar-refractivity contribution in [1.82, 2.24) is 10.2 Å². The van der Waals surface area contributed by atoms with Crippen molar-refractivity contribution in [3.05, 3.63) is 35.7 Å². The molecule has 0 atom stereocenters. The maximum atomic E-state index is 11.1. The molecule has 1 heterocycles. The SMILES string of the molecule is CC(C)(C)Cc1nnc(-c2ccccc2C(=O)O)o1. The molecule has 2 rings (SSSR count). The van der Waals surface area contributed by atoms with E-state index in [1.54, 1.807) is 18.2 Å². The van der Waals surface area contributed by atoms with Gasteiger partial charge >= 0.3 is 5.97 Å². The highest BCUT2D eigenvalue weighted by atomic mass is 16.4. The van der Waals surface area contributed by atoms with Crippen LogP contribution in [0.15, 0.2) is 28.7 Å². The highest BCUT2D eigenvalue weighted by molar-refractivity contribution is 5.94. The molecule has 19 heavy (non-hydrogen) atoms. The van der Waals surface area contributed by atoms with E-state index in [1.807, 2.05) is 0 Å². The van der Waals surface area contributed by atoms with E-state index in [9.17, 15) is 4.79 Å². The van der Waals surface area contributed by atoms with Gasteiger partial charge in [-0.05, 0) is 17.5 Å². The fourth-order valence-corrected chi connectivity index (χ4v) is 1.74. The van der Waals surface area contributed by atoms with Gasteiger partial charge in [0.05, 0.1) is 11.1 Å². The Bertz CT molecular complexity index is 597. The molecular weight excluding hydrogens is 244 g/mol. The van der Waals surface area contributed by atoms with Gasteiger partial charge in [0, 0.05) is 6.42 Å². The minimum absolute atomic E-state index is 0.0378. The number of rotatable bonds is 3. The van der Waals surface area contributed by atoms with E-state index in [-0.39, 0.29) is 16.9 Å². The third-order valence-electron chi connectivity index (χ3n) is 2.54. The fraction of sp³-hybridized carbons (Fsp3) is 0.357. The lowest BCUT2D eigenvalue weighted by molar-refractivity contribution is 0.0697. The zero-order chi connectivity index (χ0) is 14.0. The number of carboxylic acid groups (broad SMARTS) is 1. The van der Waals surface area contributed by atoms with E-state index in [1.165, 1.54) is 6.07 Å². The number of carbonyl (C=O) groups is 1. The van der Waals surface area contributed by atoms with Gasteiger partial charge in [-0.2, -0.15) is 0 Å². The first kappa shape index (κ1) is 13.3. The van der Waals surface area contributed by atoms with Gasteiger partial charge in [0.15, 0.2) is 0 Å². The van der Waals surface area contributed by atoms with Crippen molar-refractivity contribution in [1.29, 1.82) is 0 Å². The second kappa shape index (κ2) is 4.84. The molecule has 0 aliphatic rings. The molecule has 0 spiro atoms. The highest BCUT2D eigenvalue weighted by Crippen LogP contribution is 2.25. The third-order valence-corrected chi connectivity index (χ3v) is 2.54. The second-order valence-corrected chi connectivity index (χ2v) is 5.59. The Balaban J connectivity index is 2.36. The number of aromatic nitrogens is 2. The lowest BCUT2D eigenvalue weighted by atomic mass is 9.92. The molecule has 2 aromatic rings. The first-order valence-corrected chi connectivity index (χ1v) is 6.02. The Morgan fingerprint density at radius 3 is 2.58 bits per heavy atom. The number of hydrogen-bond donors (Lipinski definition) is 1. The van der Waals surface area contributed by atoms with Crippen LogP contribution in [0.5, 0.6) is 0 Å². The first-order valence-electron chi connectivity index (χ1n) is 6.02. The van der Waals surface area contributed by atoms with Gasteiger partial charge in [0.2, 0.25) is 11.8 Å². The third kappa shape index (κ3) is 3.19. The summed E-state index contributed by atoms with van der Waals surface area (Å²) in [5, 5.41) is 17.0. The molecule has 1 N–H and O–H groups in total. The van der Waals surface area contributed by atoms with Crippen molar-refractivity contribution >= 4 is 5.97 Å². The quantitative estimate of drug-likeness (QED) is 0.917. The van der Waals surface area contributed by atoms with Gasteiger partial charge in [-0.1, -0.05) is 32.9 Å². The Morgan fingerprint density at radius 1 is 1.26 bits per heavy atom. The lowest BCUT2D eigenvalue weighted by Crippen LogP contribution is -2.09. The number of aromatic carboxylic acids is 1. The lowest BCUT2D eigenvalue weighted by Gasteiger charge is -2.14. The highest BCUT2D eigenvalue weighted by Gasteiger charge is 2.19. The minimum Gasteiger partial charge on any atom is -0.478 e. The molecule has 0 aliphatic heterocycles. The molecule has 0 radical (unpaired) electrons. The van der Waals surface area contributed by atoms with Crippen molar-refractivity contribution in [3.63, 3.8) is 0 Å². The zero-order valence-corrected chi connectivity index (χ0v) is 11.2. The summed E-state index contributed by atoms with van der Waals surface area (Å²) >= 11 is 0. The molecule has 0 amide bonds. The van der Waals surface area contributed by atoms with E-state index >= 15 is 0 Å². The standard InChI is InChI=1S/C14H16N2O3/c1-14(2,3)8-11-15-16-12(19-11)9-6-4-5-7-10(9)13(17)18/h4-7H,8H2,1-3H3,(H,17,18). The van der Waals surface area contributed by atoms with Crippen LogP contribution >= 0.6 is 0 Å². The van der Waals surface area contributed by atoms with Crippen LogP contribution in [0.4, 0.5) is 0 Å². The normalized spacial score (nSPS) is 11.5. The van der Waals surface area contributed by atoms with Gasteiger partial charge in [0.25, 0.3) is 0 Å². The second-order valence-electron chi connectivity index (χ2n) is 5.59. The monoisotopic (exact) mass is 260 g/mol. The number of hydrogen-bond acceptors (Lipinski definition) is 4. The minimum atomic E-state index is -1.01. The zero-order valence-electron chi connectivity index (χ0n) is 11.2. The molecular formula is C14H16N2O3. The van der Waals surface area contributed by atoms with E-state index < -0.39 is 5.97 Å². The Morgan fingerprint density at radius 2 is 1.95 bits per heavy atom. The molecule has 1 aromatic carbocycles. The van der Waals surface area contributed by atoms with Gasteiger partial charge in [0.1, 0.15) is 0 Å². The largest absolute Gasteiger partial charge is 0.478 e. The summed E-state index contributed by atoms with van der Waals surface area (Å²) < 4.78 is 5.55. The molecule has 100 valence electrons. The van der Waals surface area contributed by atoms with Crippen LogP contribution in [0.2, 0.25) is 0 Å². The molecule has 5 nitrogen and oxygen atoms in total. The van der Waals surface area contributed by atoms with Gasteiger partial charge in [-0.25, -0.2) is 4.79 Å². The van der Waals surface area contributed by atoms with Gasteiger partial charge in [-0.3, -0.25) is 0 Å². The van der Waals surface area contributed by atoms with Crippen LogP contribution in [0.1, 0.15) is 37.0 Å². The maximum absolute atomic E-state index is 11.1. The summed E-state index contributed by atoms with van der Waals surface area (Å²) in [6, 6.07) is 6.60. The molecule has 0 saturated carbocycles.